The van der Waals surface area contributed by atoms with Crippen molar-refractivity contribution in [3.63, 3.8) is 0 Å². The molecule has 2 heterocycles. The van der Waals surface area contributed by atoms with E-state index in [1.165, 1.54) is 24.2 Å². The molecule has 0 unspecified atom stereocenters. The summed E-state index contributed by atoms with van der Waals surface area (Å²) in [5.74, 6) is 0. The zero-order valence-corrected chi connectivity index (χ0v) is 9.95. The second-order valence-electron chi connectivity index (χ2n) is 4.42. The monoisotopic (exact) mass is 237 g/mol. The average molecular weight is 237 g/mol. The lowest BCUT2D eigenvalue weighted by Gasteiger charge is -2.34. The maximum atomic E-state index is 10.6. The summed E-state index contributed by atoms with van der Waals surface area (Å²) < 4.78 is 0. The van der Waals surface area contributed by atoms with Gasteiger partial charge in [0, 0.05) is 32.2 Å². The summed E-state index contributed by atoms with van der Waals surface area (Å²) in [5, 5.41) is 0.998. The molecule has 3 rings (SSSR count). The number of piperazine rings is 1. The van der Waals surface area contributed by atoms with Gasteiger partial charge in [-0.2, -0.15) is 0 Å². The van der Waals surface area contributed by atoms with Crippen molar-refractivity contribution in [3.05, 3.63) is 11.1 Å². The fourth-order valence-corrected chi connectivity index (χ4v) is 2.98. The van der Waals surface area contributed by atoms with Gasteiger partial charge in [0.25, 0.3) is 0 Å². The van der Waals surface area contributed by atoms with Gasteiger partial charge in [0.05, 0.1) is 11.1 Å². The number of aldehydes is 1. The van der Waals surface area contributed by atoms with Crippen LogP contribution < -0.4 is 4.90 Å². The minimum atomic E-state index is 0.722. The molecule has 0 N–H and O–H groups in total. The van der Waals surface area contributed by atoms with Crippen LogP contribution in [-0.4, -0.2) is 48.4 Å². The van der Waals surface area contributed by atoms with Gasteiger partial charge in [0.1, 0.15) is 0 Å². The van der Waals surface area contributed by atoms with Gasteiger partial charge in [-0.05, 0) is 12.8 Å². The summed E-state index contributed by atoms with van der Waals surface area (Å²) in [6, 6.07) is 0.865. The van der Waals surface area contributed by atoms with Gasteiger partial charge in [-0.3, -0.25) is 9.69 Å². The third-order valence-corrected chi connectivity index (χ3v) is 4.26. The average Bonchev–Trinajstić information content (AvgIpc) is 3.07. The number of anilines is 1. The van der Waals surface area contributed by atoms with Gasteiger partial charge >= 0.3 is 0 Å². The van der Waals surface area contributed by atoms with Crippen molar-refractivity contribution in [2.75, 3.05) is 31.1 Å². The van der Waals surface area contributed by atoms with Crippen molar-refractivity contribution in [3.8, 4) is 0 Å². The first-order valence-electron chi connectivity index (χ1n) is 5.77. The molecule has 0 amide bonds. The van der Waals surface area contributed by atoms with Gasteiger partial charge < -0.3 is 4.90 Å². The summed E-state index contributed by atoms with van der Waals surface area (Å²) >= 11 is 1.49. The van der Waals surface area contributed by atoms with E-state index in [0.29, 0.717) is 0 Å². The molecule has 5 heteroatoms. The molecule has 0 spiro atoms. The Morgan fingerprint density at radius 2 is 2.06 bits per heavy atom. The SMILES string of the molecule is O=Cc1cnc(N2CCN(C3CC3)CC2)s1. The number of carbonyl (C=O) groups is 1. The van der Waals surface area contributed by atoms with Gasteiger partial charge in [-0.1, -0.05) is 11.3 Å². The molecular formula is C11H15N3OS. The zero-order chi connectivity index (χ0) is 11.0. The summed E-state index contributed by atoms with van der Waals surface area (Å²) in [7, 11) is 0. The van der Waals surface area contributed by atoms with Crippen molar-refractivity contribution in [2.24, 2.45) is 0 Å². The smallest absolute Gasteiger partial charge is 0.186 e. The summed E-state index contributed by atoms with van der Waals surface area (Å²) in [6.07, 6.45) is 5.31. The molecule has 1 aliphatic carbocycles. The third-order valence-electron chi connectivity index (χ3n) is 3.28. The Hall–Kier alpha value is -0.940. The molecule has 1 aromatic heterocycles. The number of rotatable bonds is 3. The number of carbonyl (C=O) groups excluding carboxylic acids is 1. The molecule has 1 aromatic rings. The van der Waals surface area contributed by atoms with E-state index in [-0.39, 0.29) is 0 Å². The van der Waals surface area contributed by atoms with Crippen molar-refractivity contribution in [1.29, 1.82) is 0 Å². The molecule has 1 saturated heterocycles. The number of hydrogen-bond donors (Lipinski definition) is 0. The highest BCUT2D eigenvalue weighted by molar-refractivity contribution is 7.17. The topological polar surface area (TPSA) is 36.4 Å². The molecule has 1 aliphatic heterocycles. The van der Waals surface area contributed by atoms with Gasteiger partial charge in [-0.15, -0.1) is 0 Å². The van der Waals surface area contributed by atoms with E-state index in [4.69, 9.17) is 0 Å². The summed E-state index contributed by atoms with van der Waals surface area (Å²) in [6.45, 7) is 4.37. The Bertz CT molecular complexity index is 380. The first kappa shape index (κ1) is 10.2. The zero-order valence-electron chi connectivity index (χ0n) is 9.13. The summed E-state index contributed by atoms with van der Waals surface area (Å²) in [4.78, 5) is 20.5. The lowest BCUT2D eigenvalue weighted by Crippen LogP contribution is -2.47. The van der Waals surface area contributed by atoms with Crippen LogP contribution in [0, 0.1) is 0 Å². The Morgan fingerprint density at radius 1 is 1.31 bits per heavy atom. The molecular weight excluding hydrogens is 222 g/mol. The van der Waals surface area contributed by atoms with Crippen LogP contribution in [0.25, 0.3) is 0 Å². The van der Waals surface area contributed by atoms with Crippen LogP contribution in [0.5, 0.6) is 0 Å². The fraction of sp³-hybridized carbons (Fsp3) is 0.636. The molecule has 2 fully saturated rings. The fourth-order valence-electron chi connectivity index (χ4n) is 2.20. The number of aromatic nitrogens is 1. The van der Waals surface area contributed by atoms with Crippen molar-refractivity contribution >= 4 is 22.8 Å². The lowest BCUT2D eigenvalue weighted by molar-refractivity contribution is 0.112. The largest absolute Gasteiger partial charge is 0.346 e. The predicted molar refractivity (Wildman–Crippen MR) is 64.3 cm³/mol. The number of thiazole rings is 1. The standard InChI is InChI=1S/C11H15N3OS/c15-8-10-7-12-11(16-10)14-5-3-13(4-6-14)9-1-2-9/h7-9H,1-6H2. The molecule has 86 valence electrons. The van der Waals surface area contributed by atoms with Crippen LogP contribution in [0.4, 0.5) is 5.13 Å². The minimum Gasteiger partial charge on any atom is -0.346 e. The van der Waals surface area contributed by atoms with E-state index in [0.717, 1.165) is 48.5 Å². The van der Waals surface area contributed by atoms with Crippen LogP contribution in [-0.2, 0) is 0 Å². The Morgan fingerprint density at radius 3 is 2.62 bits per heavy atom. The molecule has 0 bridgehead atoms. The molecule has 4 nitrogen and oxygen atoms in total. The maximum absolute atomic E-state index is 10.6. The number of nitrogens with zero attached hydrogens (tertiary/aromatic N) is 3. The second-order valence-corrected chi connectivity index (χ2v) is 5.46. The van der Waals surface area contributed by atoms with E-state index in [1.807, 2.05) is 0 Å². The van der Waals surface area contributed by atoms with E-state index < -0.39 is 0 Å². The first-order chi connectivity index (χ1) is 7.86. The molecule has 2 aliphatic rings. The van der Waals surface area contributed by atoms with Gasteiger partial charge in [0.2, 0.25) is 0 Å². The Labute approximate surface area is 98.9 Å². The molecule has 0 atom stereocenters. The van der Waals surface area contributed by atoms with Crippen LogP contribution in [0.3, 0.4) is 0 Å². The van der Waals surface area contributed by atoms with E-state index in [9.17, 15) is 4.79 Å². The van der Waals surface area contributed by atoms with Crippen molar-refractivity contribution < 1.29 is 4.79 Å². The van der Waals surface area contributed by atoms with E-state index in [2.05, 4.69) is 14.8 Å². The molecule has 16 heavy (non-hydrogen) atoms. The van der Waals surface area contributed by atoms with Gasteiger partial charge in [0.15, 0.2) is 11.4 Å². The van der Waals surface area contributed by atoms with Crippen LogP contribution in [0.1, 0.15) is 22.5 Å². The van der Waals surface area contributed by atoms with Crippen LogP contribution >= 0.6 is 11.3 Å². The van der Waals surface area contributed by atoms with E-state index >= 15 is 0 Å². The van der Waals surface area contributed by atoms with Crippen molar-refractivity contribution in [2.45, 2.75) is 18.9 Å². The Kier molecular flexibility index (Phi) is 2.65. The normalized spacial score (nSPS) is 22.4. The first-order valence-corrected chi connectivity index (χ1v) is 6.58. The van der Waals surface area contributed by atoms with Gasteiger partial charge in [-0.25, -0.2) is 4.98 Å². The quantitative estimate of drug-likeness (QED) is 0.741. The third kappa shape index (κ3) is 1.97. The highest BCUT2D eigenvalue weighted by Gasteiger charge is 2.31. The number of hydrogen-bond acceptors (Lipinski definition) is 5. The Balaban J connectivity index is 1.61. The van der Waals surface area contributed by atoms with E-state index in [1.54, 1.807) is 6.20 Å². The lowest BCUT2D eigenvalue weighted by atomic mass is 10.3. The van der Waals surface area contributed by atoms with Crippen molar-refractivity contribution in [1.82, 2.24) is 9.88 Å². The van der Waals surface area contributed by atoms with Crippen LogP contribution in [0.15, 0.2) is 6.20 Å². The summed E-state index contributed by atoms with van der Waals surface area (Å²) in [5.41, 5.74) is 0. The highest BCUT2D eigenvalue weighted by Crippen LogP contribution is 2.29. The molecule has 0 aromatic carbocycles. The maximum Gasteiger partial charge on any atom is 0.186 e. The van der Waals surface area contributed by atoms with Crippen LogP contribution in [0.2, 0.25) is 0 Å². The predicted octanol–water partition coefficient (Wildman–Crippen LogP) is 1.24. The highest BCUT2D eigenvalue weighted by atomic mass is 32.1. The molecule has 0 radical (unpaired) electrons. The second kappa shape index (κ2) is 4.14. The minimum absolute atomic E-state index is 0.722. The molecule has 1 saturated carbocycles.